The smallest absolute Gasteiger partial charge is 0.0708 e. The summed E-state index contributed by atoms with van der Waals surface area (Å²) in [7, 11) is 0. The van der Waals surface area contributed by atoms with Crippen molar-refractivity contribution in [2.24, 2.45) is 0 Å². The number of aromatic nitrogens is 1. The van der Waals surface area contributed by atoms with Crippen molar-refractivity contribution >= 4 is 10.9 Å². The summed E-state index contributed by atoms with van der Waals surface area (Å²) in [6.45, 7) is 8.75. The molecule has 2 rings (SSSR count). The summed E-state index contributed by atoms with van der Waals surface area (Å²) in [6, 6.07) is 6.79. The molecular formula is C16H21N. The number of nitrogens with zero attached hydrogens (tertiary/aromatic N) is 1. The fourth-order valence-electron chi connectivity index (χ4n) is 2.28. The summed E-state index contributed by atoms with van der Waals surface area (Å²) in [5, 5.41) is 1.28. The lowest BCUT2D eigenvalue weighted by atomic mass is 10.0. The monoisotopic (exact) mass is 227 g/mol. The largest absolute Gasteiger partial charge is 0.253 e. The zero-order valence-corrected chi connectivity index (χ0v) is 11.3. The zero-order valence-electron chi connectivity index (χ0n) is 11.3. The standard InChI is InChI=1S/C16H21N/c1-5-7-15-13(6-2)10-14-8-11(3)12(4)9-16(14)17-15/h8-10H,5-7H2,1-4H3. The Balaban J connectivity index is 2.65. The molecular weight excluding hydrogens is 206 g/mol. The van der Waals surface area contributed by atoms with Crippen LogP contribution in [-0.2, 0) is 12.8 Å². The third-order valence-corrected chi connectivity index (χ3v) is 3.47. The summed E-state index contributed by atoms with van der Waals surface area (Å²) in [5.74, 6) is 0. The van der Waals surface area contributed by atoms with Gasteiger partial charge in [0, 0.05) is 11.1 Å². The van der Waals surface area contributed by atoms with Gasteiger partial charge in [-0.2, -0.15) is 0 Å². The number of aryl methyl sites for hydroxylation is 4. The quantitative estimate of drug-likeness (QED) is 0.759. The van der Waals surface area contributed by atoms with Crippen LogP contribution in [0.4, 0.5) is 0 Å². The van der Waals surface area contributed by atoms with Crippen molar-refractivity contribution in [3.8, 4) is 0 Å². The van der Waals surface area contributed by atoms with Crippen molar-refractivity contribution in [3.63, 3.8) is 0 Å². The Morgan fingerprint density at radius 3 is 2.35 bits per heavy atom. The van der Waals surface area contributed by atoms with Gasteiger partial charge in [0.1, 0.15) is 0 Å². The highest BCUT2D eigenvalue weighted by Gasteiger charge is 2.06. The van der Waals surface area contributed by atoms with Gasteiger partial charge in [0.2, 0.25) is 0 Å². The molecule has 0 saturated heterocycles. The van der Waals surface area contributed by atoms with Crippen LogP contribution >= 0.6 is 0 Å². The first-order chi connectivity index (χ1) is 8.15. The number of rotatable bonds is 3. The highest BCUT2D eigenvalue weighted by molar-refractivity contribution is 5.81. The van der Waals surface area contributed by atoms with Gasteiger partial charge in [-0.1, -0.05) is 20.3 Å². The third kappa shape index (κ3) is 2.33. The van der Waals surface area contributed by atoms with Gasteiger partial charge in [-0.25, -0.2) is 0 Å². The van der Waals surface area contributed by atoms with E-state index in [1.807, 2.05) is 0 Å². The van der Waals surface area contributed by atoms with E-state index in [0.29, 0.717) is 0 Å². The Kier molecular flexibility index (Phi) is 3.46. The van der Waals surface area contributed by atoms with Gasteiger partial charge in [0.15, 0.2) is 0 Å². The van der Waals surface area contributed by atoms with Crippen molar-refractivity contribution in [2.75, 3.05) is 0 Å². The molecule has 0 atom stereocenters. The molecule has 0 aliphatic carbocycles. The number of hydrogen-bond donors (Lipinski definition) is 0. The van der Waals surface area contributed by atoms with Gasteiger partial charge < -0.3 is 0 Å². The zero-order chi connectivity index (χ0) is 12.4. The molecule has 0 N–H and O–H groups in total. The summed E-state index contributed by atoms with van der Waals surface area (Å²) >= 11 is 0. The van der Waals surface area contributed by atoms with Crippen LogP contribution < -0.4 is 0 Å². The number of benzene rings is 1. The van der Waals surface area contributed by atoms with Crippen LogP contribution in [0.25, 0.3) is 10.9 Å². The van der Waals surface area contributed by atoms with Gasteiger partial charge >= 0.3 is 0 Å². The van der Waals surface area contributed by atoms with Crippen molar-refractivity contribution in [1.82, 2.24) is 4.98 Å². The van der Waals surface area contributed by atoms with E-state index in [4.69, 9.17) is 4.98 Å². The first-order valence-corrected chi connectivity index (χ1v) is 6.55. The molecule has 2 aromatic rings. The molecule has 17 heavy (non-hydrogen) atoms. The van der Waals surface area contributed by atoms with E-state index >= 15 is 0 Å². The first kappa shape index (κ1) is 12.1. The topological polar surface area (TPSA) is 12.9 Å². The predicted octanol–water partition coefficient (Wildman–Crippen LogP) is 4.37. The van der Waals surface area contributed by atoms with Crippen LogP contribution in [-0.4, -0.2) is 4.98 Å². The molecule has 0 amide bonds. The van der Waals surface area contributed by atoms with Gasteiger partial charge in [-0.15, -0.1) is 0 Å². The van der Waals surface area contributed by atoms with Crippen LogP contribution in [0.2, 0.25) is 0 Å². The molecule has 1 heterocycles. The molecule has 0 fully saturated rings. The number of hydrogen-bond acceptors (Lipinski definition) is 1. The Labute approximate surface area is 104 Å². The summed E-state index contributed by atoms with van der Waals surface area (Å²) in [4.78, 5) is 4.84. The van der Waals surface area contributed by atoms with E-state index in [1.54, 1.807) is 0 Å². The molecule has 0 aliphatic heterocycles. The minimum absolute atomic E-state index is 1.07. The molecule has 1 nitrogen and oxygen atoms in total. The fraction of sp³-hybridized carbons (Fsp3) is 0.438. The minimum Gasteiger partial charge on any atom is -0.253 e. The van der Waals surface area contributed by atoms with Crippen LogP contribution in [0.3, 0.4) is 0 Å². The number of pyridine rings is 1. The average molecular weight is 227 g/mol. The normalized spacial score (nSPS) is 11.1. The van der Waals surface area contributed by atoms with E-state index in [2.05, 4.69) is 45.9 Å². The van der Waals surface area contributed by atoms with Crippen LogP contribution in [0.15, 0.2) is 18.2 Å². The first-order valence-electron chi connectivity index (χ1n) is 6.55. The fourth-order valence-corrected chi connectivity index (χ4v) is 2.28. The lowest BCUT2D eigenvalue weighted by molar-refractivity contribution is 0.865. The van der Waals surface area contributed by atoms with Gasteiger partial charge in [-0.3, -0.25) is 4.98 Å². The van der Waals surface area contributed by atoms with Crippen LogP contribution in [0, 0.1) is 13.8 Å². The van der Waals surface area contributed by atoms with Gasteiger partial charge in [-0.05, 0) is 61.6 Å². The Bertz CT molecular complexity index is 541. The maximum atomic E-state index is 4.84. The molecule has 1 heteroatoms. The molecule has 90 valence electrons. The lowest BCUT2D eigenvalue weighted by Gasteiger charge is -2.10. The van der Waals surface area contributed by atoms with Crippen molar-refractivity contribution in [1.29, 1.82) is 0 Å². The second-order valence-electron chi connectivity index (χ2n) is 4.83. The maximum Gasteiger partial charge on any atom is 0.0708 e. The molecule has 0 saturated carbocycles. The molecule has 0 radical (unpaired) electrons. The highest BCUT2D eigenvalue weighted by Crippen LogP contribution is 2.22. The lowest BCUT2D eigenvalue weighted by Crippen LogP contribution is -1.98. The van der Waals surface area contributed by atoms with E-state index in [9.17, 15) is 0 Å². The van der Waals surface area contributed by atoms with Gasteiger partial charge in [0.05, 0.1) is 5.52 Å². The van der Waals surface area contributed by atoms with E-state index in [1.165, 1.54) is 27.8 Å². The molecule has 1 aromatic carbocycles. The summed E-state index contributed by atoms with van der Waals surface area (Å²) in [6.07, 6.45) is 3.33. The van der Waals surface area contributed by atoms with Crippen molar-refractivity contribution in [2.45, 2.75) is 47.0 Å². The summed E-state index contributed by atoms with van der Waals surface area (Å²) < 4.78 is 0. The van der Waals surface area contributed by atoms with Crippen molar-refractivity contribution < 1.29 is 0 Å². The Morgan fingerprint density at radius 2 is 1.71 bits per heavy atom. The van der Waals surface area contributed by atoms with Gasteiger partial charge in [0.25, 0.3) is 0 Å². The molecule has 0 bridgehead atoms. The van der Waals surface area contributed by atoms with E-state index in [0.717, 1.165) is 24.8 Å². The SMILES string of the molecule is CCCc1nc2cc(C)c(C)cc2cc1CC. The van der Waals surface area contributed by atoms with Crippen LogP contribution in [0.5, 0.6) is 0 Å². The predicted molar refractivity (Wildman–Crippen MR) is 74.6 cm³/mol. The van der Waals surface area contributed by atoms with Crippen molar-refractivity contribution in [3.05, 3.63) is 40.6 Å². The minimum atomic E-state index is 1.07. The highest BCUT2D eigenvalue weighted by atomic mass is 14.7. The molecule has 0 spiro atoms. The summed E-state index contributed by atoms with van der Waals surface area (Å²) in [5.41, 5.74) is 6.52. The van der Waals surface area contributed by atoms with E-state index in [-0.39, 0.29) is 0 Å². The Hall–Kier alpha value is -1.37. The third-order valence-electron chi connectivity index (χ3n) is 3.47. The number of fused-ring (bicyclic) bond motifs is 1. The Morgan fingerprint density at radius 1 is 1.00 bits per heavy atom. The average Bonchev–Trinajstić information content (AvgIpc) is 2.31. The molecule has 1 aromatic heterocycles. The second-order valence-corrected chi connectivity index (χ2v) is 4.83. The van der Waals surface area contributed by atoms with Crippen LogP contribution in [0.1, 0.15) is 42.7 Å². The second kappa shape index (κ2) is 4.87. The van der Waals surface area contributed by atoms with E-state index < -0.39 is 0 Å². The maximum absolute atomic E-state index is 4.84. The molecule has 0 aliphatic rings. The molecule has 0 unspecified atom stereocenters.